The first-order chi connectivity index (χ1) is 7.72. The highest BCUT2D eigenvalue weighted by Gasteiger charge is 2.11. The first-order valence-electron chi connectivity index (χ1n) is 4.49. The summed E-state index contributed by atoms with van der Waals surface area (Å²) in [5, 5.41) is 8.57. The second-order valence-corrected chi connectivity index (χ2v) is 3.03. The predicted molar refractivity (Wildman–Crippen MR) is 51.1 cm³/mol. The van der Waals surface area contributed by atoms with Gasteiger partial charge in [-0.2, -0.15) is 14.0 Å². The number of aromatic nitrogens is 2. The molecule has 4 nitrogen and oxygen atoms in total. The first-order valence-corrected chi connectivity index (χ1v) is 4.49. The van der Waals surface area contributed by atoms with Crippen LogP contribution in [0.4, 0.5) is 8.78 Å². The van der Waals surface area contributed by atoms with Crippen molar-refractivity contribution in [1.82, 2.24) is 9.38 Å². The third-order valence-electron chi connectivity index (χ3n) is 2.05. The molecule has 0 atom stereocenters. The lowest BCUT2D eigenvalue weighted by Gasteiger charge is -2.05. The van der Waals surface area contributed by atoms with E-state index >= 15 is 0 Å². The van der Waals surface area contributed by atoms with E-state index in [0.717, 1.165) is 0 Å². The Hall–Kier alpha value is -2.16. The maximum absolute atomic E-state index is 12.1. The van der Waals surface area contributed by atoms with Crippen LogP contribution in [-0.4, -0.2) is 16.0 Å². The summed E-state index contributed by atoms with van der Waals surface area (Å²) >= 11 is 0. The first kappa shape index (κ1) is 10.4. The van der Waals surface area contributed by atoms with Gasteiger partial charge in [-0.3, -0.25) is 4.40 Å². The van der Waals surface area contributed by atoms with Crippen LogP contribution in [0.1, 0.15) is 5.69 Å². The molecule has 0 saturated heterocycles. The summed E-state index contributed by atoms with van der Waals surface area (Å²) in [5.41, 5.74) is 0.922. The van der Waals surface area contributed by atoms with E-state index in [2.05, 4.69) is 9.72 Å². The molecule has 0 aliphatic carbocycles. The molecule has 6 heteroatoms. The molecular formula is C10H7F2N3O. The number of pyridine rings is 1. The quantitative estimate of drug-likeness (QED) is 0.799. The molecule has 2 aromatic rings. The molecule has 2 heterocycles. The minimum atomic E-state index is -2.89. The monoisotopic (exact) mass is 223 g/mol. The van der Waals surface area contributed by atoms with Crippen molar-refractivity contribution in [1.29, 1.82) is 5.26 Å². The number of halogens is 2. The summed E-state index contributed by atoms with van der Waals surface area (Å²) in [7, 11) is 0. The number of hydrogen-bond acceptors (Lipinski definition) is 3. The lowest BCUT2D eigenvalue weighted by molar-refractivity contribution is -0.0491. The van der Waals surface area contributed by atoms with E-state index in [1.165, 1.54) is 12.3 Å². The Morgan fingerprint density at radius 2 is 2.38 bits per heavy atom. The van der Waals surface area contributed by atoms with Gasteiger partial charge < -0.3 is 4.74 Å². The topological polar surface area (TPSA) is 50.3 Å². The van der Waals surface area contributed by atoms with Crippen molar-refractivity contribution in [3.63, 3.8) is 0 Å². The van der Waals surface area contributed by atoms with Gasteiger partial charge in [0, 0.05) is 6.20 Å². The average molecular weight is 223 g/mol. The summed E-state index contributed by atoms with van der Waals surface area (Å²) < 4.78 is 30.1. The van der Waals surface area contributed by atoms with Crippen LogP contribution in [0, 0.1) is 11.3 Å². The molecule has 0 bridgehead atoms. The molecule has 0 amide bonds. The van der Waals surface area contributed by atoms with E-state index in [-0.39, 0.29) is 17.8 Å². The van der Waals surface area contributed by atoms with Crippen molar-refractivity contribution in [3.8, 4) is 11.8 Å². The molecule has 0 saturated carbocycles. The van der Waals surface area contributed by atoms with Gasteiger partial charge in [0.05, 0.1) is 24.4 Å². The van der Waals surface area contributed by atoms with E-state index in [1.807, 2.05) is 6.07 Å². The van der Waals surface area contributed by atoms with E-state index in [1.54, 1.807) is 16.7 Å². The number of imidazole rings is 1. The van der Waals surface area contributed by atoms with Crippen LogP contribution >= 0.6 is 0 Å². The molecule has 2 rings (SSSR count). The molecule has 0 radical (unpaired) electrons. The predicted octanol–water partition coefficient (Wildman–Crippen LogP) is 2.00. The van der Waals surface area contributed by atoms with Crippen LogP contribution < -0.4 is 4.74 Å². The zero-order valence-corrected chi connectivity index (χ0v) is 8.10. The van der Waals surface area contributed by atoms with Crippen molar-refractivity contribution in [2.45, 2.75) is 13.0 Å². The molecule has 0 spiro atoms. The van der Waals surface area contributed by atoms with E-state index in [9.17, 15) is 8.78 Å². The number of hydrogen-bond donors (Lipinski definition) is 0. The number of alkyl halides is 2. The standard InChI is InChI=1S/C10H7F2N3O/c11-10(12)16-8-2-1-5-15-7(3-4-13)6-14-9(8)15/h1-2,5-6,10H,3H2. The molecule has 0 fully saturated rings. The summed E-state index contributed by atoms with van der Waals surface area (Å²) in [4.78, 5) is 3.94. The number of nitriles is 1. The molecule has 82 valence electrons. The fraction of sp³-hybridized carbons (Fsp3) is 0.200. The fourth-order valence-electron chi connectivity index (χ4n) is 1.44. The third kappa shape index (κ3) is 1.80. The van der Waals surface area contributed by atoms with Crippen LogP contribution in [-0.2, 0) is 6.42 Å². The molecule has 16 heavy (non-hydrogen) atoms. The maximum atomic E-state index is 12.1. The highest BCUT2D eigenvalue weighted by molar-refractivity contribution is 5.54. The summed E-state index contributed by atoms with van der Waals surface area (Å²) in [5.74, 6) is 0.00156. The third-order valence-corrected chi connectivity index (χ3v) is 2.05. The number of fused-ring (bicyclic) bond motifs is 1. The Kier molecular flexibility index (Phi) is 2.68. The van der Waals surface area contributed by atoms with Crippen molar-refractivity contribution in [3.05, 3.63) is 30.2 Å². The molecule has 0 N–H and O–H groups in total. The van der Waals surface area contributed by atoms with Gasteiger partial charge in [-0.25, -0.2) is 4.98 Å². The summed E-state index contributed by atoms with van der Waals surface area (Å²) in [6.45, 7) is -2.89. The van der Waals surface area contributed by atoms with Crippen LogP contribution in [0.15, 0.2) is 24.5 Å². The van der Waals surface area contributed by atoms with Gasteiger partial charge in [0.1, 0.15) is 0 Å². The van der Waals surface area contributed by atoms with Crippen molar-refractivity contribution in [2.24, 2.45) is 0 Å². The van der Waals surface area contributed by atoms with Gasteiger partial charge >= 0.3 is 6.61 Å². The van der Waals surface area contributed by atoms with Gasteiger partial charge in [0.25, 0.3) is 0 Å². The highest BCUT2D eigenvalue weighted by Crippen LogP contribution is 2.21. The fourth-order valence-corrected chi connectivity index (χ4v) is 1.44. The van der Waals surface area contributed by atoms with Crippen LogP contribution in [0.5, 0.6) is 5.75 Å². The van der Waals surface area contributed by atoms with Gasteiger partial charge in [-0.15, -0.1) is 0 Å². The Morgan fingerprint density at radius 3 is 3.06 bits per heavy atom. The molecule has 0 aliphatic heterocycles. The van der Waals surface area contributed by atoms with Crippen LogP contribution in [0.25, 0.3) is 5.65 Å². The molecule has 0 aliphatic rings. The van der Waals surface area contributed by atoms with Gasteiger partial charge in [0.2, 0.25) is 0 Å². The normalized spacial score (nSPS) is 10.6. The molecule has 0 aromatic carbocycles. The van der Waals surface area contributed by atoms with E-state index < -0.39 is 6.61 Å². The lowest BCUT2D eigenvalue weighted by Crippen LogP contribution is -2.03. The number of rotatable bonds is 3. The molecule has 2 aromatic heterocycles. The van der Waals surface area contributed by atoms with E-state index in [4.69, 9.17) is 5.26 Å². The molecule has 0 unspecified atom stereocenters. The minimum Gasteiger partial charge on any atom is -0.431 e. The molecular weight excluding hydrogens is 216 g/mol. The van der Waals surface area contributed by atoms with Gasteiger partial charge in [-0.1, -0.05) is 0 Å². The second-order valence-electron chi connectivity index (χ2n) is 3.03. The van der Waals surface area contributed by atoms with Crippen molar-refractivity contribution >= 4 is 5.65 Å². The number of nitrogens with zero attached hydrogens (tertiary/aromatic N) is 3. The largest absolute Gasteiger partial charge is 0.431 e. The zero-order valence-electron chi connectivity index (χ0n) is 8.10. The second kappa shape index (κ2) is 4.14. The zero-order chi connectivity index (χ0) is 11.5. The Balaban J connectivity index is 2.49. The maximum Gasteiger partial charge on any atom is 0.387 e. The van der Waals surface area contributed by atoms with Crippen LogP contribution in [0.3, 0.4) is 0 Å². The van der Waals surface area contributed by atoms with Gasteiger partial charge in [0.15, 0.2) is 11.4 Å². The van der Waals surface area contributed by atoms with Crippen molar-refractivity contribution < 1.29 is 13.5 Å². The Bertz CT molecular complexity index is 544. The van der Waals surface area contributed by atoms with Gasteiger partial charge in [-0.05, 0) is 12.1 Å². The average Bonchev–Trinajstić information content (AvgIpc) is 2.63. The highest BCUT2D eigenvalue weighted by atomic mass is 19.3. The Morgan fingerprint density at radius 1 is 1.56 bits per heavy atom. The minimum absolute atomic E-state index is 0.00156. The van der Waals surface area contributed by atoms with Crippen molar-refractivity contribution in [2.75, 3.05) is 0 Å². The Labute approximate surface area is 89.7 Å². The smallest absolute Gasteiger partial charge is 0.387 e. The number of ether oxygens (including phenoxy) is 1. The van der Waals surface area contributed by atoms with Crippen LogP contribution in [0.2, 0.25) is 0 Å². The SMILES string of the molecule is N#CCc1cnc2c(OC(F)F)cccn12. The van der Waals surface area contributed by atoms with E-state index in [0.29, 0.717) is 5.69 Å². The summed E-state index contributed by atoms with van der Waals surface area (Å²) in [6.07, 6.45) is 3.28. The lowest BCUT2D eigenvalue weighted by atomic mass is 10.3. The summed E-state index contributed by atoms with van der Waals surface area (Å²) in [6, 6.07) is 4.94.